The van der Waals surface area contributed by atoms with Crippen LogP contribution in [0.15, 0.2) is 36.5 Å². The van der Waals surface area contributed by atoms with E-state index in [4.69, 9.17) is 9.05 Å². The molecule has 0 aromatic heterocycles. The van der Waals surface area contributed by atoms with Gasteiger partial charge in [0.05, 0.1) is 39.9 Å². The van der Waals surface area contributed by atoms with Crippen LogP contribution < -0.4 is 10.2 Å². The molecule has 1 amide bonds. The summed E-state index contributed by atoms with van der Waals surface area (Å²) in [6.45, 7) is 4.65. The largest absolute Gasteiger partial charge is 0.756 e. The highest BCUT2D eigenvalue weighted by Gasteiger charge is 2.23. The number of rotatable bonds is 57. The summed E-state index contributed by atoms with van der Waals surface area (Å²) < 4.78 is 23.3. The van der Waals surface area contributed by atoms with E-state index in [0.29, 0.717) is 17.4 Å². The zero-order valence-electron chi connectivity index (χ0n) is 47.9. The van der Waals surface area contributed by atoms with E-state index in [0.717, 1.165) is 38.5 Å². The Hall–Kier alpha value is -1.28. The third-order valence-electron chi connectivity index (χ3n) is 14.1. The fourth-order valence-corrected chi connectivity index (χ4v) is 9.95. The van der Waals surface area contributed by atoms with Gasteiger partial charge in [0.2, 0.25) is 5.91 Å². The molecule has 3 unspecified atom stereocenters. The number of hydrogen-bond acceptors (Lipinski definition) is 6. The van der Waals surface area contributed by atoms with E-state index in [1.165, 1.54) is 244 Å². The number of phosphoric ester groups is 1. The van der Waals surface area contributed by atoms with Gasteiger partial charge in [0.15, 0.2) is 0 Å². The van der Waals surface area contributed by atoms with Gasteiger partial charge in [-0.3, -0.25) is 9.36 Å². The second-order valence-electron chi connectivity index (χ2n) is 22.4. The zero-order chi connectivity index (χ0) is 52.0. The van der Waals surface area contributed by atoms with E-state index < -0.39 is 20.0 Å². The first-order valence-electron chi connectivity index (χ1n) is 30.9. The molecule has 0 bridgehead atoms. The van der Waals surface area contributed by atoms with Gasteiger partial charge in [0.25, 0.3) is 7.82 Å². The highest BCUT2D eigenvalue weighted by molar-refractivity contribution is 7.45. The Kier molecular flexibility index (Phi) is 52.6. The van der Waals surface area contributed by atoms with Crippen LogP contribution in [0.4, 0.5) is 0 Å². The van der Waals surface area contributed by atoms with Crippen LogP contribution in [-0.2, 0) is 18.4 Å². The minimum Gasteiger partial charge on any atom is -0.756 e. The van der Waals surface area contributed by atoms with Crippen molar-refractivity contribution in [3.05, 3.63) is 36.5 Å². The molecule has 2 N–H and O–H groups in total. The molecule has 0 spiro atoms. The van der Waals surface area contributed by atoms with Crippen molar-refractivity contribution in [3.63, 3.8) is 0 Å². The summed E-state index contributed by atoms with van der Waals surface area (Å²) in [5.41, 5.74) is 0. The number of nitrogens with zero attached hydrogens (tertiary/aromatic N) is 1. The number of quaternary nitrogens is 1. The molecule has 0 heterocycles. The van der Waals surface area contributed by atoms with Crippen LogP contribution >= 0.6 is 7.82 Å². The summed E-state index contributed by atoms with van der Waals surface area (Å²) in [4.78, 5) is 25.5. The summed E-state index contributed by atoms with van der Waals surface area (Å²) in [6, 6.07) is -0.901. The standard InChI is InChI=1S/C62H121N2O6P/c1-6-8-10-12-14-16-18-20-22-23-24-25-26-27-28-29-30-31-32-33-34-35-36-37-38-39-40-41-42-44-46-48-50-52-54-56-62(66)63-60(59-70-71(67,68)69-58-57-64(3,4)5)61(65)55-53-51-49-47-45-43-21-19-17-15-13-11-9-7-2/h23-24,45,47,53,55,60-61,65H,6-22,25-44,46,48-52,54,56-59H2,1-5H3,(H-,63,66,67,68)/b24-23-,47-45+,55-53+. The first-order chi connectivity index (χ1) is 34.5. The van der Waals surface area contributed by atoms with Gasteiger partial charge in [-0.15, -0.1) is 0 Å². The Bertz CT molecular complexity index is 1250. The predicted octanol–water partition coefficient (Wildman–Crippen LogP) is 18.3. The Labute approximate surface area is 442 Å². The van der Waals surface area contributed by atoms with Crippen molar-refractivity contribution in [1.82, 2.24) is 5.32 Å². The summed E-state index contributed by atoms with van der Waals surface area (Å²) in [5.74, 6) is -0.203. The lowest BCUT2D eigenvalue weighted by atomic mass is 10.0. The van der Waals surface area contributed by atoms with Gasteiger partial charge >= 0.3 is 0 Å². The summed E-state index contributed by atoms with van der Waals surface area (Å²) in [7, 11) is 1.25. The maximum atomic E-state index is 13.0. The van der Waals surface area contributed by atoms with Crippen LogP contribution in [0.1, 0.15) is 303 Å². The summed E-state index contributed by atoms with van der Waals surface area (Å²) >= 11 is 0. The highest BCUT2D eigenvalue weighted by atomic mass is 31.2. The number of likely N-dealkylation sites (N-methyl/N-ethyl adjacent to an activating group) is 1. The lowest BCUT2D eigenvalue weighted by molar-refractivity contribution is -0.870. The Morgan fingerprint density at radius 3 is 1.14 bits per heavy atom. The molecule has 0 fully saturated rings. The average Bonchev–Trinajstić information content (AvgIpc) is 3.33. The number of aliphatic hydroxyl groups excluding tert-OH is 1. The lowest BCUT2D eigenvalue weighted by Gasteiger charge is -2.29. The Morgan fingerprint density at radius 1 is 0.479 bits per heavy atom. The zero-order valence-corrected chi connectivity index (χ0v) is 48.8. The van der Waals surface area contributed by atoms with E-state index >= 15 is 0 Å². The highest BCUT2D eigenvalue weighted by Crippen LogP contribution is 2.38. The van der Waals surface area contributed by atoms with Crippen molar-refractivity contribution in [2.75, 3.05) is 40.9 Å². The Balaban J connectivity index is 3.96. The molecule has 0 aliphatic heterocycles. The van der Waals surface area contributed by atoms with Crippen molar-refractivity contribution in [2.45, 2.75) is 315 Å². The minimum atomic E-state index is -4.60. The first-order valence-corrected chi connectivity index (χ1v) is 32.3. The molecule has 71 heavy (non-hydrogen) atoms. The van der Waals surface area contributed by atoms with E-state index in [9.17, 15) is 19.4 Å². The number of allylic oxidation sites excluding steroid dienone is 5. The third kappa shape index (κ3) is 56.3. The van der Waals surface area contributed by atoms with Gasteiger partial charge < -0.3 is 28.8 Å². The molecule has 9 heteroatoms. The summed E-state index contributed by atoms with van der Waals surface area (Å²) in [5, 5.41) is 13.8. The number of carbonyl (C=O) groups is 1. The molecule has 0 radical (unpaired) electrons. The number of carbonyl (C=O) groups excluding carboxylic acids is 1. The number of amides is 1. The maximum absolute atomic E-state index is 13.0. The fourth-order valence-electron chi connectivity index (χ4n) is 9.23. The van der Waals surface area contributed by atoms with E-state index in [2.05, 4.69) is 43.5 Å². The topological polar surface area (TPSA) is 108 Å². The molecule has 0 rings (SSSR count). The fraction of sp³-hybridized carbons (Fsp3) is 0.887. The number of unbranched alkanes of at least 4 members (excludes halogenated alkanes) is 40. The molecule has 0 aromatic carbocycles. The minimum absolute atomic E-state index is 0.00473. The van der Waals surface area contributed by atoms with E-state index in [1.807, 2.05) is 27.2 Å². The molecule has 0 saturated heterocycles. The van der Waals surface area contributed by atoms with Crippen LogP contribution in [-0.4, -0.2) is 68.5 Å². The van der Waals surface area contributed by atoms with Crippen molar-refractivity contribution in [2.24, 2.45) is 0 Å². The van der Waals surface area contributed by atoms with E-state index in [-0.39, 0.29) is 19.1 Å². The predicted molar refractivity (Wildman–Crippen MR) is 307 cm³/mol. The van der Waals surface area contributed by atoms with Gasteiger partial charge in [-0.25, -0.2) is 0 Å². The van der Waals surface area contributed by atoms with Crippen LogP contribution in [0.2, 0.25) is 0 Å². The van der Waals surface area contributed by atoms with Gasteiger partial charge in [-0.1, -0.05) is 275 Å². The molecule has 3 atom stereocenters. The molecule has 0 aromatic rings. The third-order valence-corrected chi connectivity index (χ3v) is 15.0. The summed E-state index contributed by atoms with van der Waals surface area (Å²) in [6.07, 6.45) is 69.7. The van der Waals surface area contributed by atoms with Gasteiger partial charge in [-0.05, 0) is 57.8 Å². The quantitative estimate of drug-likeness (QED) is 0.0272. The van der Waals surface area contributed by atoms with Crippen molar-refractivity contribution < 1.29 is 32.9 Å². The Morgan fingerprint density at radius 2 is 0.789 bits per heavy atom. The molecule has 420 valence electrons. The smallest absolute Gasteiger partial charge is 0.268 e. The first kappa shape index (κ1) is 69.7. The lowest BCUT2D eigenvalue weighted by Crippen LogP contribution is -2.45. The second kappa shape index (κ2) is 53.5. The van der Waals surface area contributed by atoms with Gasteiger partial charge in [0, 0.05) is 6.42 Å². The van der Waals surface area contributed by atoms with Crippen LogP contribution in [0.25, 0.3) is 0 Å². The number of hydrogen-bond donors (Lipinski definition) is 2. The van der Waals surface area contributed by atoms with E-state index in [1.54, 1.807) is 6.08 Å². The van der Waals surface area contributed by atoms with Crippen molar-refractivity contribution in [3.8, 4) is 0 Å². The van der Waals surface area contributed by atoms with Crippen molar-refractivity contribution in [1.29, 1.82) is 0 Å². The monoisotopic (exact) mass is 1020 g/mol. The molecular weight excluding hydrogens is 900 g/mol. The van der Waals surface area contributed by atoms with Gasteiger partial charge in [-0.2, -0.15) is 0 Å². The normalized spacial score (nSPS) is 14.1. The van der Waals surface area contributed by atoms with Crippen molar-refractivity contribution >= 4 is 13.7 Å². The van der Waals surface area contributed by atoms with Gasteiger partial charge in [0.1, 0.15) is 13.2 Å². The van der Waals surface area contributed by atoms with Crippen LogP contribution in [0.5, 0.6) is 0 Å². The molecule has 0 aliphatic rings. The molecule has 8 nitrogen and oxygen atoms in total. The number of phosphoric acid groups is 1. The maximum Gasteiger partial charge on any atom is 0.268 e. The SMILES string of the molecule is CCCCCCCCCC/C=C\CCCCCCCCCCCCCCCCCCCCCCCCCC(=O)NC(COP(=O)([O-])OCC[N+](C)(C)C)C(O)/C=C/CC/C=C/CCCCCCCCCC. The molecule has 0 aliphatic carbocycles. The molecular formula is C62H121N2O6P. The number of nitrogens with one attached hydrogen (secondary N) is 1. The number of aliphatic hydroxyl groups is 1. The van der Waals surface area contributed by atoms with Crippen LogP contribution in [0, 0.1) is 0 Å². The average molecular weight is 1020 g/mol. The molecule has 0 saturated carbocycles. The van der Waals surface area contributed by atoms with Crippen LogP contribution in [0.3, 0.4) is 0 Å². The second-order valence-corrected chi connectivity index (χ2v) is 23.8.